The zero-order valence-electron chi connectivity index (χ0n) is 11.4. The van der Waals surface area contributed by atoms with Crippen LogP contribution in [0.25, 0.3) is 0 Å². The van der Waals surface area contributed by atoms with E-state index in [0.29, 0.717) is 5.56 Å². The fourth-order valence-corrected chi connectivity index (χ4v) is 1.37. The lowest BCUT2D eigenvalue weighted by Gasteiger charge is -2.21. The van der Waals surface area contributed by atoms with Crippen LogP contribution in [0.3, 0.4) is 0 Å². The first-order valence-electron chi connectivity index (χ1n) is 6.03. The Morgan fingerprint density at radius 2 is 1.89 bits per heavy atom. The summed E-state index contributed by atoms with van der Waals surface area (Å²) in [5.41, 5.74) is 0.299. The van der Waals surface area contributed by atoms with Gasteiger partial charge in [-0.2, -0.15) is 0 Å². The molecule has 0 aliphatic rings. The first-order valence-corrected chi connectivity index (χ1v) is 6.03. The van der Waals surface area contributed by atoms with Crippen molar-refractivity contribution in [3.63, 3.8) is 0 Å². The van der Waals surface area contributed by atoms with Crippen LogP contribution in [0.2, 0.25) is 0 Å². The lowest BCUT2D eigenvalue weighted by Crippen LogP contribution is -2.30. The van der Waals surface area contributed by atoms with E-state index in [1.54, 1.807) is 31.2 Å². The Balaban J connectivity index is 2.62. The summed E-state index contributed by atoms with van der Waals surface area (Å²) in [4.78, 5) is 11.7. The van der Waals surface area contributed by atoms with Gasteiger partial charge in [0.2, 0.25) is 0 Å². The average molecular weight is 251 g/mol. The summed E-state index contributed by atoms with van der Waals surface area (Å²) in [5.74, 6) is 0.535. The fourth-order valence-electron chi connectivity index (χ4n) is 1.37. The number of aliphatic hydroxyl groups excluding tert-OH is 1. The standard InChI is InChI=1S/C14H21NO3/c1-10(16)9-15-13(17)11-5-7-12(8-6-11)18-14(2,3)4/h5-8,10,16H,9H2,1-4H3,(H,15,17). The van der Waals surface area contributed by atoms with Crippen LogP contribution < -0.4 is 10.1 Å². The molecule has 1 aromatic carbocycles. The van der Waals surface area contributed by atoms with Gasteiger partial charge >= 0.3 is 0 Å². The highest BCUT2D eigenvalue weighted by atomic mass is 16.5. The Morgan fingerprint density at radius 3 is 2.33 bits per heavy atom. The van der Waals surface area contributed by atoms with E-state index in [1.807, 2.05) is 20.8 Å². The van der Waals surface area contributed by atoms with Gasteiger partial charge in [0.05, 0.1) is 6.10 Å². The predicted octanol–water partition coefficient (Wildman–Crippen LogP) is 1.97. The van der Waals surface area contributed by atoms with Crippen molar-refractivity contribution in [2.75, 3.05) is 6.54 Å². The third kappa shape index (κ3) is 5.19. The molecule has 0 radical (unpaired) electrons. The number of hydrogen-bond acceptors (Lipinski definition) is 3. The van der Waals surface area contributed by atoms with E-state index in [1.165, 1.54) is 0 Å². The molecule has 18 heavy (non-hydrogen) atoms. The number of rotatable bonds is 4. The molecular formula is C14H21NO3. The van der Waals surface area contributed by atoms with Crippen LogP contribution >= 0.6 is 0 Å². The topological polar surface area (TPSA) is 58.6 Å². The molecule has 1 aromatic rings. The van der Waals surface area contributed by atoms with Gasteiger partial charge in [0, 0.05) is 12.1 Å². The monoisotopic (exact) mass is 251 g/mol. The summed E-state index contributed by atoms with van der Waals surface area (Å²) in [6.07, 6.45) is -0.544. The van der Waals surface area contributed by atoms with Gasteiger partial charge in [0.1, 0.15) is 11.4 Å². The van der Waals surface area contributed by atoms with Crippen molar-refractivity contribution in [3.05, 3.63) is 29.8 Å². The minimum atomic E-state index is -0.544. The molecule has 0 fully saturated rings. The summed E-state index contributed by atoms with van der Waals surface area (Å²) >= 11 is 0. The van der Waals surface area contributed by atoms with Gasteiger partial charge < -0.3 is 15.2 Å². The maximum Gasteiger partial charge on any atom is 0.251 e. The predicted molar refractivity (Wildman–Crippen MR) is 70.8 cm³/mol. The third-order valence-corrected chi connectivity index (χ3v) is 2.10. The lowest BCUT2D eigenvalue weighted by atomic mass is 10.1. The maximum atomic E-state index is 11.7. The number of ether oxygens (including phenoxy) is 1. The molecule has 0 aromatic heterocycles. The molecule has 2 N–H and O–H groups in total. The molecule has 1 atom stereocenters. The normalized spacial score (nSPS) is 12.9. The van der Waals surface area contributed by atoms with Crippen molar-refractivity contribution >= 4 is 5.91 Å². The summed E-state index contributed by atoms with van der Waals surface area (Å²) in [6.45, 7) is 7.78. The van der Waals surface area contributed by atoms with Gasteiger partial charge in [-0.1, -0.05) is 0 Å². The van der Waals surface area contributed by atoms with Gasteiger partial charge in [0.25, 0.3) is 5.91 Å². The molecule has 0 heterocycles. The Hall–Kier alpha value is -1.55. The van der Waals surface area contributed by atoms with Crippen LogP contribution in [0.4, 0.5) is 0 Å². The van der Waals surface area contributed by atoms with E-state index >= 15 is 0 Å². The summed E-state index contributed by atoms with van der Waals surface area (Å²) in [5, 5.41) is 11.7. The second-order valence-electron chi connectivity index (χ2n) is 5.30. The van der Waals surface area contributed by atoms with E-state index in [4.69, 9.17) is 9.84 Å². The molecule has 1 unspecified atom stereocenters. The van der Waals surface area contributed by atoms with Crippen LogP contribution in [-0.2, 0) is 0 Å². The number of carbonyl (C=O) groups is 1. The maximum absolute atomic E-state index is 11.7. The Morgan fingerprint density at radius 1 is 1.33 bits per heavy atom. The number of nitrogens with one attached hydrogen (secondary N) is 1. The molecule has 0 saturated carbocycles. The second-order valence-corrected chi connectivity index (χ2v) is 5.30. The number of aliphatic hydroxyl groups is 1. The van der Waals surface area contributed by atoms with Gasteiger partial charge in [0.15, 0.2) is 0 Å². The van der Waals surface area contributed by atoms with Crippen molar-refractivity contribution < 1.29 is 14.6 Å². The van der Waals surface area contributed by atoms with Gasteiger partial charge in [-0.05, 0) is 52.0 Å². The molecule has 0 aliphatic heterocycles. The average Bonchev–Trinajstić information content (AvgIpc) is 2.24. The highest BCUT2D eigenvalue weighted by molar-refractivity contribution is 5.94. The highest BCUT2D eigenvalue weighted by Gasteiger charge is 2.12. The van der Waals surface area contributed by atoms with Crippen LogP contribution in [-0.4, -0.2) is 29.3 Å². The first kappa shape index (κ1) is 14.5. The number of benzene rings is 1. The molecule has 0 spiro atoms. The van der Waals surface area contributed by atoms with Crippen molar-refractivity contribution in [3.8, 4) is 5.75 Å². The fraction of sp³-hybridized carbons (Fsp3) is 0.500. The SMILES string of the molecule is CC(O)CNC(=O)c1ccc(OC(C)(C)C)cc1. The molecule has 100 valence electrons. The molecule has 1 amide bonds. The molecule has 4 heteroatoms. The molecule has 1 rings (SSSR count). The molecule has 0 bridgehead atoms. The molecular weight excluding hydrogens is 230 g/mol. The van der Waals surface area contributed by atoms with Crippen molar-refractivity contribution in [2.45, 2.75) is 39.4 Å². The van der Waals surface area contributed by atoms with Crippen LogP contribution in [0, 0.1) is 0 Å². The van der Waals surface area contributed by atoms with E-state index < -0.39 is 6.10 Å². The molecule has 0 aliphatic carbocycles. The number of hydrogen-bond donors (Lipinski definition) is 2. The smallest absolute Gasteiger partial charge is 0.251 e. The first-order chi connectivity index (χ1) is 8.28. The Labute approximate surface area is 108 Å². The van der Waals surface area contributed by atoms with Gasteiger partial charge in [-0.3, -0.25) is 4.79 Å². The summed E-state index contributed by atoms with van der Waals surface area (Å²) in [7, 11) is 0. The van der Waals surface area contributed by atoms with Crippen LogP contribution in [0.15, 0.2) is 24.3 Å². The summed E-state index contributed by atoms with van der Waals surface area (Å²) < 4.78 is 5.66. The van der Waals surface area contributed by atoms with Crippen molar-refractivity contribution in [1.82, 2.24) is 5.32 Å². The van der Waals surface area contributed by atoms with E-state index in [2.05, 4.69) is 5.32 Å². The van der Waals surface area contributed by atoms with E-state index in [0.717, 1.165) is 5.75 Å². The van der Waals surface area contributed by atoms with Crippen LogP contribution in [0.5, 0.6) is 5.75 Å². The highest BCUT2D eigenvalue weighted by Crippen LogP contribution is 2.18. The van der Waals surface area contributed by atoms with E-state index in [-0.39, 0.29) is 18.1 Å². The quantitative estimate of drug-likeness (QED) is 0.860. The Kier molecular flexibility index (Phi) is 4.73. The van der Waals surface area contributed by atoms with Gasteiger partial charge in [-0.15, -0.1) is 0 Å². The van der Waals surface area contributed by atoms with Gasteiger partial charge in [-0.25, -0.2) is 0 Å². The Bertz CT molecular complexity index is 390. The van der Waals surface area contributed by atoms with Crippen molar-refractivity contribution in [2.24, 2.45) is 0 Å². The summed E-state index contributed by atoms with van der Waals surface area (Å²) in [6, 6.07) is 6.95. The molecule has 4 nitrogen and oxygen atoms in total. The largest absolute Gasteiger partial charge is 0.488 e. The van der Waals surface area contributed by atoms with E-state index in [9.17, 15) is 4.79 Å². The lowest BCUT2D eigenvalue weighted by molar-refractivity contribution is 0.0924. The zero-order valence-corrected chi connectivity index (χ0v) is 11.4. The number of carbonyl (C=O) groups excluding carboxylic acids is 1. The third-order valence-electron chi connectivity index (χ3n) is 2.10. The van der Waals surface area contributed by atoms with Crippen molar-refractivity contribution in [1.29, 1.82) is 0 Å². The number of amides is 1. The minimum absolute atomic E-state index is 0.196. The minimum Gasteiger partial charge on any atom is -0.488 e. The molecule has 0 saturated heterocycles. The van der Waals surface area contributed by atoms with Crippen LogP contribution in [0.1, 0.15) is 38.1 Å². The second kappa shape index (κ2) is 5.87. The zero-order chi connectivity index (χ0) is 13.8.